The van der Waals surface area contributed by atoms with Gasteiger partial charge in [-0.25, -0.2) is 4.79 Å². The van der Waals surface area contributed by atoms with Crippen LogP contribution in [0.2, 0.25) is 0 Å². The van der Waals surface area contributed by atoms with Crippen molar-refractivity contribution in [3.05, 3.63) is 50.7 Å². The summed E-state index contributed by atoms with van der Waals surface area (Å²) in [6, 6.07) is 8.60. The van der Waals surface area contributed by atoms with E-state index in [-0.39, 0.29) is 11.3 Å². The molecule has 2 heterocycles. The van der Waals surface area contributed by atoms with Gasteiger partial charge < -0.3 is 14.2 Å². The van der Waals surface area contributed by atoms with Crippen LogP contribution in [0.25, 0.3) is 0 Å². The Balaban J connectivity index is 1.20. The summed E-state index contributed by atoms with van der Waals surface area (Å²) in [5.74, 6) is 2.08. The predicted molar refractivity (Wildman–Crippen MR) is 158 cm³/mol. The van der Waals surface area contributed by atoms with E-state index in [0.717, 1.165) is 57.9 Å². The topological polar surface area (TPSA) is 48.0 Å². The Morgan fingerprint density at radius 3 is 2.68 bits per heavy atom. The maximum Gasteiger partial charge on any atom is 0.348 e. The van der Waals surface area contributed by atoms with E-state index in [0.29, 0.717) is 29.9 Å². The first-order chi connectivity index (χ1) is 18.4. The molecule has 1 unspecified atom stereocenters. The summed E-state index contributed by atoms with van der Waals surface area (Å²) in [5.41, 5.74) is 3.90. The van der Waals surface area contributed by atoms with Gasteiger partial charge in [-0.3, -0.25) is 4.90 Å². The molecule has 2 aliphatic rings. The van der Waals surface area contributed by atoms with Crippen LogP contribution in [0.5, 0.6) is 0 Å². The molecular formula is C30H42ClNO4S2. The highest BCUT2D eigenvalue weighted by atomic mass is 35.5. The Labute approximate surface area is 241 Å². The largest absolute Gasteiger partial charge is 0.460 e. The van der Waals surface area contributed by atoms with Crippen molar-refractivity contribution in [1.29, 1.82) is 0 Å². The van der Waals surface area contributed by atoms with E-state index in [1.165, 1.54) is 39.3 Å². The third-order valence-electron chi connectivity index (χ3n) is 7.89. The second-order valence-electron chi connectivity index (χ2n) is 10.5. The number of aryl methyl sites for hydroxylation is 3. The number of hydrogen-bond donors (Lipinski definition) is 0. The summed E-state index contributed by atoms with van der Waals surface area (Å²) in [5, 5.41) is 0.267. The summed E-state index contributed by atoms with van der Waals surface area (Å²) in [7, 11) is 1.75. The Morgan fingerprint density at radius 1 is 1.18 bits per heavy atom. The Kier molecular flexibility index (Phi) is 11.8. The smallest absolute Gasteiger partial charge is 0.348 e. The van der Waals surface area contributed by atoms with Gasteiger partial charge in [0, 0.05) is 47.6 Å². The first-order valence-electron chi connectivity index (χ1n) is 13.9. The van der Waals surface area contributed by atoms with Gasteiger partial charge >= 0.3 is 5.97 Å². The van der Waals surface area contributed by atoms with E-state index in [9.17, 15) is 4.79 Å². The van der Waals surface area contributed by atoms with Crippen LogP contribution in [0, 0.1) is 25.7 Å². The van der Waals surface area contributed by atoms with Crippen LogP contribution in [-0.2, 0) is 27.2 Å². The molecule has 2 fully saturated rings. The average Bonchev–Trinajstić information content (AvgIpc) is 3.52. The zero-order valence-electron chi connectivity index (χ0n) is 23.0. The van der Waals surface area contributed by atoms with Crippen LogP contribution in [0.4, 0.5) is 0 Å². The molecule has 1 saturated carbocycles. The molecule has 2 aromatic rings. The monoisotopic (exact) mass is 579 g/mol. The molecule has 1 aliphatic heterocycles. The summed E-state index contributed by atoms with van der Waals surface area (Å²) in [4.78, 5) is 18.0. The molecular weight excluding hydrogens is 538 g/mol. The third-order valence-corrected chi connectivity index (χ3v) is 10.7. The number of methoxy groups -OCH3 is 1. The average molecular weight is 580 g/mol. The van der Waals surface area contributed by atoms with Gasteiger partial charge in [0.1, 0.15) is 11.5 Å². The summed E-state index contributed by atoms with van der Waals surface area (Å²) < 4.78 is 16.2. The fourth-order valence-corrected chi connectivity index (χ4v) is 8.50. The number of carbonyl (C=O) groups is 1. The molecule has 1 aromatic carbocycles. The first-order valence-corrected chi connectivity index (χ1v) is 16.1. The zero-order chi connectivity index (χ0) is 26.9. The summed E-state index contributed by atoms with van der Waals surface area (Å²) in [6.07, 6.45) is 5.66. The summed E-state index contributed by atoms with van der Waals surface area (Å²) >= 11 is 10.3. The van der Waals surface area contributed by atoms with Gasteiger partial charge in [-0.2, -0.15) is 0 Å². The SMILES string of the molecule is COCc1c(C)cc(SC[C@H]2C(Cl)CC[C@@H]2CCCc2ccc(C(=O)OCCN3CCOCC3)s2)cc1C. The number of benzene rings is 1. The molecule has 1 saturated heterocycles. The molecule has 1 aliphatic carbocycles. The van der Waals surface area contributed by atoms with E-state index in [2.05, 4.69) is 36.9 Å². The van der Waals surface area contributed by atoms with E-state index < -0.39 is 0 Å². The van der Waals surface area contributed by atoms with Crippen LogP contribution < -0.4 is 0 Å². The lowest BCUT2D eigenvalue weighted by Crippen LogP contribution is -2.38. The van der Waals surface area contributed by atoms with Gasteiger partial charge in [-0.1, -0.05) is 0 Å². The number of thiophene rings is 1. The Hall–Kier alpha value is -1.09. The Morgan fingerprint density at radius 2 is 1.95 bits per heavy atom. The van der Waals surface area contributed by atoms with E-state index in [1.54, 1.807) is 18.4 Å². The quantitative estimate of drug-likeness (QED) is 0.149. The lowest BCUT2D eigenvalue weighted by molar-refractivity contribution is 0.0197. The van der Waals surface area contributed by atoms with Gasteiger partial charge in [0.2, 0.25) is 0 Å². The normalized spacial score (nSPS) is 22.2. The van der Waals surface area contributed by atoms with Crippen molar-refractivity contribution in [2.45, 2.75) is 62.8 Å². The lowest BCUT2D eigenvalue weighted by atomic mass is 9.92. The van der Waals surface area contributed by atoms with Gasteiger partial charge in [-0.15, -0.1) is 34.7 Å². The highest BCUT2D eigenvalue weighted by Gasteiger charge is 2.34. The maximum absolute atomic E-state index is 12.5. The van der Waals surface area contributed by atoms with Crippen molar-refractivity contribution in [3.8, 4) is 0 Å². The van der Waals surface area contributed by atoms with Crippen LogP contribution in [0.15, 0.2) is 29.2 Å². The molecule has 3 atom stereocenters. The molecule has 0 amide bonds. The molecule has 0 spiro atoms. The zero-order valence-corrected chi connectivity index (χ0v) is 25.4. The second kappa shape index (κ2) is 15.1. The standard InChI is InChI=1S/C30H42ClNO4S2/c1-21-17-25(18-22(2)26(21)19-34-3)37-20-27-23(7-9-28(27)31)5-4-6-24-8-10-29(38-24)30(33)36-16-13-32-11-14-35-15-12-32/h8,10,17-18,23,27-28H,4-7,9,11-16,19-20H2,1-3H3/t23-,27+,28?/m0/s1. The predicted octanol–water partition coefficient (Wildman–Crippen LogP) is 6.75. The minimum atomic E-state index is -0.201. The first kappa shape index (κ1) is 29.9. The molecule has 38 heavy (non-hydrogen) atoms. The summed E-state index contributed by atoms with van der Waals surface area (Å²) in [6.45, 7) is 9.56. The van der Waals surface area contributed by atoms with E-state index >= 15 is 0 Å². The van der Waals surface area contributed by atoms with Crippen molar-refractivity contribution in [2.24, 2.45) is 11.8 Å². The highest BCUT2D eigenvalue weighted by Crippen LogP contribution is 2.42. The van der Waals surface area contributed by atoms with E-state index in [1.807, 2.05) is 17.8 Å². The number of hydrogen-bond acceptors (Lipinski definition) is 7. The van der Waals surface area contributed by atoms with Crippen molar-refractivity contribution in [1.82, 2.24) is 4.90 Å². The third kappa shape index (κ3) is 8.45. The number of morpholine rings is 1. The minimum Gasteiger partial charge on any atom is -0.460 e. The lowest BCUT2D eigenvalue weighted by Gasteiger charge is -2.26. The van der Waals surface area contributed by atoms with Crippen LogP contribution in [0.1, 0.15) is 56.9 Å². The molecule has 0 bridgehead atoms. The molecule has 1 aromatic heterocycles. The molecule has 8 heteroatoms. The van der Waals surface area contributed by atoms with Gasteiger partial charge in [-0.05, 0) is 98.7 Å². The number of carbonyl (C=O) groups excluding carboxylic acids is 1. The van der Waals surface area contributed by atoms with Gasteiger partial charge in [0.05, 0.1) is 19.8 Å². The number of esters is 1. The second-order valence-corrected chi connectivity index (χ2v) is 13.4. The molecule has 0 N–H and O–H groups in total. The van der Waals surface area contributed by atoms with Crippen molar-refractivity contribution >= 4 is 40.7 Å². The number of rotatable bonds is 13. The molecule has 210 valence electrons. The number of nitrogens with zero attached hydrogens (tertiary/aromatic N) is 1. The number of halogens is 1. The number of ether oxygens (including phenoxy) is 3. The van der Waals surface area contributed by atoms with Crippen LogP contribution in [0.3, 0.4) is 0 Å². The molecule has 5 nitrogen and oxygen atoms in total. The number of alkyl halides is 1. The molecule has 4 rings (SSSR count). The van der Waals surface area contributed by atoms with Crippen molar-refractivity contribution < 1.29 is 19.0 Å². The highest BCUT2D eigenvalue weighted by molar-refractivity contribution is 7.99. The van der Waals surface area contributed by atoms with Crippen molar-refractivity contribution in [3.63, 3.8) is 0 Å². The fraction of sp³-hybridized carbons (Fsp3) is 0.633. The molecule has 0 radical (unpaired) electrons. The van der Waals surface area contributed by atoms with E-state index in [4.69, 9.17) is 25.8 Å². The number of thioether (sulfide) groups is 1. The fourth-order valence-electron chi connectivity index (χ4n) is 5.62. The van der Waals surface area contributed by atoms with Gasteiger partial charge in [0.15, 0.2) is 0 Å². The van der Waals surface area contributed by atoms with Gasteiger partial charge in [0.25, 0.3) is 0 Å². The Bertz CT molecular complexity index is 1020. The van der Waals surface area contributed by atoms with Crippen LogP contribution >= 0.6 is 34.7 Å². The van der Waals surface area contributed by atoms with Crippen LogP contribution in [-0.4, -0.2) is 68.6 Å². The van der Waals surface area contributed by atoms with Crippen molar-refractivity contribution in [2.75, 3.05) is 52.3 Å². The maximum atomic E-state index is 12.5. The minimum absolute atomic E-state index is 0.201.